The van der Waals surface area contributed by atoms with Crippen LogP contribution in [-0.4, -0.2) is 14.6 Å². The van der Waals surface area contributed by atoms with E-state index in [4.69, 9.17) is 5.73 Å². The zero-order valence-electron chi connectivity index (χ0n) is 10.4. The van der Waals surface area contributed by atoms with Crippen LogP contribution in [0.25, 0.3) is 17.0 Å². The molecule has 0 fully saturated rings. The lowest BCUT2D eigenvalue weighted by Crippen LogP contribution is -1.96. The molecular formula is C14H14N4. The molecule has 0 aliphatic heterocycles. The van der Waals surface area contributed by atoms with E-state index in [-0.39, 0.29) is 0 Å². The van der Waals surface area contributed by atoms with Crippen molar-refractivity contribution in [3.05, 3.63) is 47.7 Å². The third-order valence-electron chi connectivity index (χ3n) is 3.11. The molecule has 4 nitrogen and oxygen atoms in total. The number of benzene rings is 1. The minimum absolute atomic E-state index is 0.684. The van der Waals surface area contributed by atoms with E-state index in [1.165, 1.54) is 5.56 Å². The van der Waals surface area contributed by atoms with Gasteiger partial charge in [0, 0.05) is 11.8 Å². The van der Waals surface area contributed by atoms with Gasteiger partial charge in [0.05, 0.1) is 5.69 Å². The van der Waals surface area contributed by atoms with Crippen LogP contribution in [0, 0.1) is 13.8 Å². The number of hydrogen-bond acceptors (Lipinski definition) is 3. The molecule has 0 saturated heterocycles. The number of anilines is 1. The summed E-state index contributed by atoms with van der Waals surface area (Å²) in [4.78, 5) is 0. The summed E-state index contributed by atoms with van der Waals surface area (Å²) >= 11 is 0. The highest BCUT2D eigenvalue weighted by Gasteiger charge is 2.10. The zero-order chi connectivity index (χ0) is 12.7. The van der Waals surface area contributed by atoms with Crippen LogP contribution in [0.3, 0.4) is 0 Å². The maximum atomic E-state index is 6.02. The van der Waals surface area contributed by atoms with E-state index in [2.05, 4.69) is 29.3 Å². The highest BCUT2D eigenvalue weighted by Crippen LogP contribution is 2.23. The van der Waals surface area contributed by atoms with Crippen LogP contribution in [0.2, 0.25) is 0 Å². The van der Waals surface area contributed by atoms with Gasteiger partial charge in [0.25, 0.3) is 0 Å². The van der Waals surface area contributed by atoms with Gasteiger partial charge in [0.1, 0.15) is 0 Å². The summed E-state index contributed by atoms with van der Waals surface area (Å²) < 4.78 is 1.93. The van der Waals surface area contributed by atoms with Crippen LogP contribution in [0.4, 0.5) is 5.69 Å². The number of nitrogens with two attached hydrogens (primary N) is 1. The van der Waals surface area contributed by atoms with E-state index in [0.717, 1.165) is 17.0 Å². The molecule has 18 heavy (non-hydrogen) atoms. The number of aryl methyl sites for hydroxylation is 2. The zero-order valence-corrected chi connectivity index (χ0v) is 10.4. The number of nitrogen functional groups attached to an aromatic ring is 1. The van der Waals surface area contributed by atoms with E-state index in [1.807, 2.05) is 35.7 Å². The van der Waals surface area contributed by atoms with E-state index < -0.39 is 0 Å². The van der Waals surface area contributed by atoms with Crippen molar-refractivity contribution in [3.63, 3.8) is 0 Å². The van der Waals surface area contributed by atoms with Crippen molar-refractivity contribution in [2.75, 3.05) is 5.73 Å². The van der Waals surface area contributed by atoms with Gasteiger partial charge in [-0.05, 0) is 31.5 Å². The average Bonchev–Trinajstić information content (AvgIpc) is 2.78. The molecule has 3 aromatic rings. The van der Waals surface area contributed by atoms with Gasteiger partial charge in [0.15, 0.2) is 11.5 Å². The Morgan fingerprint density at radius 2 is 1.94 bits per heavy atom. The van der Waals surface area contributed by atoms with Crippen LogP contribution in [0.15, 0.2) is 36.5 Å². The third-order valence-corrected chi connectivity index (χ3v) is 3.11. The molecule has 3 rings (SSSR count). The molecule has 0 bridgehead atoms. The SMILES string of the molecule is Cc1cccc(-c2nnc3c(N)c(C)ccn23)c1. The van der Waals surface area contributed by atoms with Crippen LogP contribution in [0.5, 0.6) is 0 Å². The number of aromatic nitrogens is 3. The van der Waals surface area contributed by atoms with Gasteiger partial charge >= 0.3 is 0 Å². The van der Waals surface area contributed by atoms with Crippen molar-refractivity contribution in [1.29, 1.82) is 0 Å². The average molecular weight is 238 g/mol. The molecule has 90 valence electrons. The van der Waals surface area contributed by atoms with Gasteiger partial charge in [-0.2, -0.15) is 0 Å². The number of pyridine rings is 1. The Balaban J connectivity index is 2.28. The first-order valence-corrected chi connectivity index (χ1v) is 5.83. The molecular weight excluding hydrogens is 224 g/mol. The minimum atomic E-state index is 0.684. The van der Waals surface area contributed by atoms with E-state index in [9.17, 15) is 0 Å². The molecule has 0 aliphatic rings. The van der Waals surface area contributed by atoms with Crippen molar-refractivity contribution in [2.24, 2.45) is 0 Å². The van der Waals surface area contributed by atoms with Crippen molar-refractivity contribution in [1.82, 2.24) is 14.6 Å². The first kappa shape index (κ1) is 10.8. The Hall–Kier alpha value is -2.36. The third kappa shape index (κ3) is 1.54. The molecule has 0 amide bonds. The molecule has 4 heteroatoms. The predicted octanol–water partition coefficient (Wildman–Crippen LogP) is 2.60. The van der Waals surface area contributed by atoms with Gasteiger partial charge in [-0.15, -0.1) is 10.2 Å². The monoisotopic (exact) mass is 238 g/mol. The Morgan fingerprint density at radius 1 is 1.11 bits per heavy atom. The van der Waals surface area contributed by atoms with Crippen molar-refractivity contribution >= 4 is 11.3 Å². The maximum Gasteiger partial charge on any atom is 0.184 e. The molecule has 2 aromatic heterocycles. The molecule has 0 saturated carbocycles. The normalized spacial score (nSPS) is 11.0. The second kappa shape index (κ2) is 3.84. The lowest BCUT2D eigenvalue weighted by atomic mass is 10.1. The topological polar surface area (TPSA) is 56.2 Å². The van der Waals surface area contributed by atoms with Crippen LogP contribution >= 0.6 is 0 Å². The van der Waals surface area contributed by atoms with Gasteiger partial charge in [-0.25, -0.2) is 0 Å². The van der Waals surface area contributed by atoms with Crippen LogP contribution in [-0.2, 0) is 0 Å². The lowest BCUT2D eigenvalue weighted by molar-refractivity contribution is 1.11. The van der Waals surface area contributed by atoms with Crippen LogP contribution in [0.1, 0.15) is 11.1 Å². The second-order valence-corrected chi connectivity index (χ2v) is 4.50. The summed E-state index contributed by atoms with van der Waals surface area (Å²) in [6, 6.07) is 10.2. The van der Waals surface area contributed by atoms with Crippen molar-refractivity contribution in [3.8, 4) is 11.4 Å². The van der Waals surface area contributed by atoms with E-state index >= 15 is 0 Å². The van der Waals surface area contributed by atoms with Gasteiger partial charge in [-0.3, -0.25) is 4.40 Å². The summed E-state index contributed by atoms with van der Waals surface area (Å²) in [7, 11) is 0. The van der Waals surface area contributed by atoms with Crippen LogP contribution < -0.4 is 5.73 Å². The second-order valence-electron chi connectivity index (χ2n) is 4.50. The largest absolute Gasteiger partial charge is 0.395 e. The van der Waals surface area contributed by atoms with Gasteiger partial charge in [-0.1, -0.05) is 23.8 Å². The summed E-state index contributed by atoms with van der Waals surface area (Å²) in [6.07, 6.45) is 1.96. The Labute approximate surface area is 105 Å². The van der Waals surface area contributed by atoms with E-state index in [1.54, 1.807) is 0 Å². The predicted molar refractivity (Wildman–Crippen MR) is 72.3 cm³/mol. The standard InChI is InChI=1S/C14H14N4/c1-9-4-3-5-11(8-9)13-16-17-14-12(15)10(2)6-7-18(13)14/h3-8H,15H2,1-2H3. The summed E-state index contributed by atoms with van der Waals surface area (Å²) in [6.45, 7) is 4.03. The lowest BCUT2D eigenvalue weighted by Gasteiger charge is -2.04. The number of nitrogens with zero attached hydrogens (tertiary/aromatic N) is 3. The Morgan fingerprint density at radius 3 is 2.72 bits per heavy atom. The Bertz CT molecular complexity index is 728. The summed E-state index contributed by atoms with van der Waals surface area (Å²) in [5.41, 5.74) is 10.7. The highest BCUT2D eigenvalue weighted by molar-refractivity contribution is 5.71. The van der Waals surface area contributed by atoms with Crippen molar-refractivity contribution < 1.29 is 0 Å². The first-order valence-electron chi connectivity index (χ1n) is 5.83. The molecule has 0 spiro atoms. The fourth-order valence-corrected chi connectivity index (χ4v) is 2.05. The molecule has 0 atom stereocenters. The molecule has 2 N–H and O–H groups in total. The van der Waals surface area contributed by atoms with E-state index in [0.29, 0.717) is 11.3 Å². The van der Waals surface area contributed by atoms with Gasteiger partial charge < -0.3 is 5.73 Å². The molecule has 0 aliphatic carbocycles. The number of hydrogen-bond donors (Lipinski definition) is 1. The van der Waals surface area contributed by atoms with Crippen molar-refractivity contribution in [2.45, 2.75) is 13.8 Å². The fraction of sp³-hybridized carbons (Fsp3) is 0.143. The first-order chi connectivity index (χ1) is 8.66. The molecule has 1 aromatic carbocycles. The smallest absolute Gasteiger partial charge is 0.184 e. The molecule has 0 radical (unpaired) electrons. The molecule has 2 heterocycles. The van der Waals surface area contributed by atoms with Gasteiger partial charge in [0.2, 0.25) is 0 Å². The fourth-order valence-electron chi connectivity index (χ4n) is 2.05. The quantitative estimate of drug-likeness (QED) is 0.709. The number of fused-ring (bicyclic) bond motifs is 1. The highest BCUT2D eigenvalue weighted by atomic mass is 15.2. The number of rotatable bonds is 1. The minimum Gasteiger partial charge on any atom is -0.395 e. The summed E-state index contributed by atoms with van der Waals surface area (Å²) in [5.74, 6) is 0.820. The Kier molecular flexibility index (Phi) is 2.30. The maximum absolute atomic E-state index is 6.02. The molecule has 0 unspecified atom stereocenters. The summed E-state index contributed by atoms with van der Waals surface area (Å²) in [5, 5.41) is 8.41.